The Morgan fingerprint density at radius 2 is 1.82 bits per heavy atom. The molecule has 22 heavy (non-hydrogen) atoms. The Bertz CT molecular complexity index is 569. The number of nitrogens with one attached hydrogen (secondary N) is 2. The van der Waals surface area contributed by atoms with Gasteiger partial charge in [-0.05, 0) is 31.5 Å². The number of amides is 1. The number of anilines is 1. The van der Waals surface area contributed by atoms with Gasteiger partial charge in [0.15, 0.2) is 0 Å². The third-order valence-electron chi connectivity index (χ3n) is 2.69. The molecule has 6 nitrogen and oxygen atoms in total. The van der Waals surface area contributed by atoms with E-state index in [1.165, 1.54) is 6.07 Å². The van der Waals surface area contributed by atoms with E-state index in [0.717, 1.165) is 14.0 Å². The van der Waals surface area contributed by atoms with E-state index in [1.54, 1.807) is 25.2 Å². The minimum absolute atomic E-state index is 0.214. The zero-order valence-electron chi connectivity index (χ0n) is 12.5. The van der Waals surface area contributed by atoms with Gasteiger partial charge in [0.25, 0.3) is 0 Å². The van der Waals surface area contributed by atoms with E-state index in [4.69, 9.17) is 0 Å². The van der Waals surface area contributed by atoms with Crippen LogP contribution in [0.25, 0.3) is 0 Å². The highest BCUT2D eigenvalue weighted by Crippen LogP contribution is 2.32. The van der Waals surface area contributed by atoms with Crippen LogP contribution in [0.4, 0.5) is 19.0 Å². The minimum atomic E-state index is -5.15. The van der Waals surface area contributed by atoms with Gasteiger partial charge in [0, 0.05) is 12.6 Å². The van der Waals surface area contributed by atoms with Crippen molar-refractivity contribution >= 4 is 17.7 Å². The van der Waals surface area contributed by atoms with Gasteiger partial charge < -0.3 is 15.4 Å². The molecule has 122 valence electrons. The summed E-state index contributed by atoms with van der Waals surface area (Å²) in [6.45, 7) is 4.11. The number of methoxy groups -OCH3 is 1. The first-order valence-corrected chi connectivity index (χ1v) is 6.19. The van der Waals surface area contributed by atoms with E-state index in [-0.39, 0.29) is 5.82 Å². The number of hydrogen-bond acceptors (Lipinski definition) is 5. The lowest BCUT2D eigenvalue weighted by Gasteiger charge is -2.34. The summed E-state index contributed by atoms with van der Waals surface area (Å²) in [7, 11) is 0.793. The van der Waals surface area contributed by atoms with E-state index in [2.05, 4.69) is 9.72 Å². The molecule has 0 aliphatic heterocycles. The normalized spacial score (nSPS) is 14.0. The van der Waals surface area contributed by atoms with Gasteiger partial charge in [0.05, 0.1) is 7.11 Å². The van der Waals surface area contributed by atoms with Gasteiger partial charge in [-0.1, -0.05) is 0 Å². The number of aromatic nitrogens is 1. The second-order valence-electron chi connectivity index (χ2n) is 4.72. The summed E-state index contributed by atoms with van der Waals surface area (Å²) in [5.74, 6) is -2.97. The summed E-state index contributed by atoms with van der Waals surface area (Å²) in [5.41, 5.74) is -2.33. The monoisotopic (exact) mass is 319 g/mol. The summed E-state index contributed by atoms with van der Waals surface area (Å²) >= 11 is 0. The number of pyridine rings is 1. The molecular formula is C13H16F3N3O3. The predicted molar refractivity (Wildman–Crippen MR) is 72.0 cm³/mol. The van der Waals surface area contributed by atoms with Crippen molar-refractivity contribution in [1.29, 1.82) is 0 Å². The molecule has 1 aromatic rings. The Morgan fingerprint density at radius 3 is 2.23 bits per heavy atom. The van der Waals surface area contributed by atoms with E-state index >= 15 is 0 Å². The maximum Gasteiger partial charge on any atom is 0.441 e. The van der Waals surface area contributed by atoms with Crippen LogP contribution in [0.15, 0.2) is 12.1 Å². The zero-order valence-corrected chi connectivity index (χ0v) is 12.5. The molecule has 0 aromatic carbocycles. The van der Waals surface area contributed by atoms with Gasteiger partial charge in [-0.15, -0.1) is 0 Å². The molecule has 1 rings (SSSR count). The molecule has 2 N–H and O–H groups in total. The van der Waals surface area contributed by atoms with Crippen LogP contribution in [0.3, 0.4) is 0 Å². The molecule has 1 amide bonds. The van der Waals surface area contributed by atoms with Gasteiger partial charge in [0.1, 0.15) is 5.82 Å². The summed E-state index contributed by atoms with van der Waals surface area (Å²) in [4.78, 5) is 26.8. The fourth-order valence-corrected chi connectivity index (χ4v) is 1.91. The van der Waals surface area contributed by atoms with E-state index < -0.39 is 23.7 Å². The predicted octanol–water partition coefficient (Wildman–Crippen LogP) is 1.68. The quantitative estimate of drug-likeness (QED) is 0.652. The second kappa shape index (κ2) is 6.20. The third-order valence-corrected chi connectivity index (χ3v) is 2.69. The number of alkyl halides is 3. The minimum Gasteiger partial charge on any atom is -0.466 e. The maximum atomic E-state index is 13.5. The van der Waals surface area contributed by atoms with Crippen molar-refractivity contribution in [3.8, 4) is 0 Å². The molecule has 0 saturated carbocycles. The first-order valence-electron chi connectivity index (χ1n) is 6.19. The lowest BCUT2D eigenvalue weighted by atomic mass is 10.1. The first kappa shape index (κ1) is 17.7. The van der Waals surface area contributed by atoms with Crippen molar-refractivity contribution in [3.63, 3.8) is 0 Å². The number of ether oxygens (including phenoxy) is 1. The third kappa shape index (κ3) is 3.66. The van der Waals surface area contributed by atoms with Crippen LogP contribution < -0.4 is 10.6 Å². The number of halogens is 3. The van der Waals surface area contributed by atoms with Crippen LogP contribution in [-0.2, 0) is 14.3 Å². The average Bonchev–Trinajstić information content (AvgIpc) is 2.33. The zero-order chi connectivity index (χ0) is 17.1. The highest BCUT2D eigenvalue weighted by molar-refractivity contribution is 5.90. The number of carbonyl (C=O) groups excluding carboxylic acids is 2. The molecule has 0 saturated heterocycles. The lowest BCUT2D eigenvalue weighted by Crippen LogP contribution is -2.69. The molecule has 0 radical (unpaired) electrons. The molecule has 0 bridgehead atoms. The molecule has 0 spiro atoms. The van der Waals surface area contributed by atoms with Crippen LogP contribution in [0.5, 0.6) is 0 Å². The van der Waals surface area contributed by atoms with Crippen molar-refractivity contribution in [2.75, 3.05) is 12.4 Å². The van der Waals surface area contributed by atoms with Crippen LogP contribution >= 0.6 is 0 Å². The summed E-state index contributed by atoms with van der Waals surface area (Å²) in [6.07, 6.45) is -5.15. The second-order valence-corrected chi connectivity index (χ2v) is 4.72. The maximum absolute atomic E-state index is 13.5. The SMILES string of the molecule is COC(=O)[C@](NC(C)=O)(Nc1cc(C)cc(C)n1)C(F)(F)F. The fraction of sp³-hybridized carbons (Fsp3) is 0.462. The van der Waals surface area contributed by atoms with E-state index in [0.29, 0.717) is 11.3 Å². The summed E-state index contributed by atoms with van der Waals surface area (Å²) in [6, 6.07) is 2.97. The number of nitrogens with zero attached hydrogens (tertiary/aromatic N) is 1. The van der Waals surface area contributed by atoms with Gasteiger partial charge in [-0.2, -0.15) is 13.2 Å². The highest BCUT2D eigenvalue weighted by atomic mass is 19.4. The van der Waals surface area contributed by atoms with Crippen molar-refractivity contribution in [2.45, 2.75) is 32.6 Å². The Morgan fingerprint density at radius 1 is 1.23 bits per heavy atom. The molecule has 0 unspecified atom stereocenters. The molecule has 1 atom stereocenters. The Kier molecular flexibility index (Phi) is 5.00. The van der Waals surface area contributed by atoms with Crippen molar-refractivity contribution in [1.82, 2.24) is 10.3 Å². The van der Waals surface area contributed by atoms with Gasteiger partial charge in [-0.25, -0.2) is 9.78 Å². The molecular weight excluding hydrogens is 303 g/mol. The molecule has 1 heterocycles. The Hall–Kier alpha value is -2.32. The largest absolute Gasteiger partial charge is 0.466 e. The molecule has 0 aliphatic rings. The van der Waals surface area contributed by atoms with Crippen LogP contribution in [0.2, 0.25) is 0 Å². The lowest BCUT2D eigenvalue weighted by molar-refractivity contribution is -0.206. The molecule has 1 aromatic heterocycles. The van der Waals surface area contributed by atoms with Crippen LogP contribution in [-0.4, -0.2) is 35.8 Å². The van der Waals surface area contributed by atoms with Crippen LogP contribution in [0.1, 0.15) is 18.2 Å². The average molecular weight is 319 g/mol. The van der Waals surface area contributed by atoms with E-state index in [1.807, 2.05) is 5.32 Å². The number of aryl methyl sites for hydroxylation is 2. The molecule has 9 heteroatoms. The van der Waals surface area contributed by atoms with Gasteiger partial charge >= 0.3 is 17.8 Å². The van der Waals surface area contributed by atoms with E-state index in [9.17, 15) is 22.8 Å². The van der Waals surface area contributed by atoms with Crippen molar-refractivity contribution < 1.29 is 27.5 Å². The van der Waals surface area contributed by atoms with Gasteiger partial charge in [0.2, 0.25) is 5.91 Å². The fourth-order valence-electron chi connectivity index (χ4n) is 1.91. The standard InChI is InChI=1S/C13H16F3N3O3/c1-7-5-8(2)17-10(6-7)19-12(11(21)22-4,13(14,15)16)18-9(3)20/h5-6H,1-4H3,(H,17,19)(H,18,20)/t12-/m0/s1. The van der Waals surface area contributed by atoms with Crippen LogP contribution in [0, 0.1) is 13.8 Å². The number of carbonyl (C=O) groups is 2. The first-order chi connectivity index (χ1) is 10.0. The van der Waals surface area contributed by atoms with Crippen molar-refractivity contribution in [2.24, 2.45) is 0 Å². The number of hydrogen-bond donors (Lipinski definition) is 2. The highest BCUT2D eigenvalue weighted by Gasteiger charge is 2.63. The number of rotatable bonds is 4. The summed E-state index contributed by atoms with van der Waals surface area (Å²) < 4.78 is 44.6. The molecule has 0 aliphatic carbocycles. The smallest absolute Gasteiger partial charge is 0.441 e. The molecule has 0 fully saturated rings. The van der Waals surface area contributed by atoms with Crippen molar-refractivity contribution in [3.05, 3.63) is 23.4 Å². The Labute approximate surface area is 125 Å². The van der Waals surface area contributed by atoms with Gasteiger partial charge in [-0.3, -0.25) is 4.79 Å². The number of esters is 1. The Balaban J connectivity index is 3.41. The topological polar surface area (TPSA) is 80.3 Å². The summed E-state index contributed by atoms with van der Waals surface area (Å²) in [5, 5.41) is 3.54.